The van der Waals surface area contributed by atoms with Crippen LogP contribution in [-0.4, -0.2) is 60.2 Å². The molecule has 0 spiro atoms. The van der Waals surface area contributed by atoms with E-state index in [4.69, 9.17) is 5.73 Å². The van der Waals surface area contributed by atoms with Crippen LogP contribution in [0.3, 0.4) is 0 Å². The smallest absolute Gasteiger partial charge is 0.289 e. The lowest BCUT2D eigenvalue weighted by Crippen LogP contribution is -2.58. The van der Waals surface area contributed by atoms with Gasteiger partial charge in [-0.25, -0.2) is 8.42 Å². The highest BCUT2D eigenvalue weighted by Crippen LogP contribution is 2.28. The number of carbonyl (C=O) groups excluding carboxylic acids is 1. The molecule has 0 unspecified atom stereocenters. The fourth-order valence-corrected chi connectivity index (χ4v) is 5.06. The Morgan fingerprint density at radius 1 is 1.31 bits per heavy atom. The molecular formula is C18H29ClN4O5S. The van der Waals surface area contributed by atoms with Gasteiger partial charge >= 0.3 is 0 Å². The second-order valence-electron chi connectivity index (χ2n) is 8.34. The van der Waals surface area contributed by atoms with Gasteiger partial charge in [0.2, 0.25) is 15.9 Å². The van der Waals surface area contributed by atoms with Crippen molar-refractivity contribution in [2.45, 2.75) is 51.1 Å². The Bertz CT molecular complexity index is 856. The number of amides is 1. The van der Waals surface area contributed by atoms with Crippen molar-refractivity contribution in [1.82, 2.24) is 9.21 Å². The van der Waals surface area contributed by atoms with E-state index in [1.165, 1.54) is 28.6 Å². The van der Waals surface area contributed by atoms with Gasteiger partial charge in [-0.15, -0.1) is 12.4 Å². The topological polar surface area (TPSA) is 127 Å². The number of piperazine rings is 1. The lowest BCUT2D eigenvalue weighted by molar-refractivity contribution is -0.387. The van der Waals surface area contributed by atoms with E-state index in [0.29, 0.717) is 6.42 Å². The van der Waals surface area contributed by atoms with Gasteiger partial charge in [-0.1, -0.05) is 32.9 Å². The van der Waals surface area contributed by atoms with E-state index in [9.17, 15) is 23.3 Å². The number of nitrogens with zero attached hydrogens (tertiary/aromatic N) is 3. The number of nitrogens with two attached hydrogens (primary N) is 1. The third-order valence-electron chi connectivity index (χ3n) is 4.70. The van der Waals surface area contributed by atoms with E-state index in [0.717, 1.165) is 0 Å². The first-order chi connectivity index (χ1) is 12.8. The molecule has 29 heavy (non-hydrogen) atoms. The van der Waals surface area contributed by atoms with Crippen molar-refractivity contribution in [1.29, 1.82) is 0 Å². The number of halogens is 1. The van der Waals surface area contributed by atoms with Gasteiger partial charge in [-0.3, -0.25) is 14.9 Å². The molecule has 2 atom stereocenters. The van der Waals surface area contributed by atoms with Crippen LogP contribution < -0.4 is 5.73 Å². The van der Waals surface area contributed by atoms with Gasteiger partial charge in [-0.2, -0.15) is 4.31 Å². The van der Waals surface area contributed by atoms with Crippen LogP contribution in [0, 0.1) is 15.5 Å². The van der Waals surface area contributed by atoms with Crippen molar-refractivity contribution in [3.05, 3.63) is 34.4 Å². The number of rotatable bonds is 5. The van der Waals surface area contributed by atoms with E-state index in [1.807, 2.05) is 20.8 Å². The van der Waals surface area contributed by atoms with Gasteiger partial charge in [-0.05, 0) is 24.8 Å². The Morgan fingerprint density at radius 2 is 1.90 bits per heavy atom. The third-order valence-corrected chi connectivity index (χ3v) is 6.62. The number of para-hydroxylation sites is 1. The first kappa shape index (κ1) is 25.3. The summed E-state index contributed by atoms with van der Waals surface area (Å²) >= 11 is 0. The molecule has 0 aromatic heterocycles. The number of hydrogen-bond acceptors (Lipinski definition) is 6. The number of nitro benzene ring substituents is 1. The van der Waals surface area contributed by atoms with Crippen LogP contribution in [0.15, 0.2) is 29.2 Å². The minimum absolute atomic E-state index is 0. The summed E-state index contributed by atoms with van der Waals surface area (Å²) in [6, 6.07) is 4.24. The zero-order valence-corrected chi connectivity index (χ0v) is 18.7. The Labute approximate surface area is 177 Å². The molecule has 11 heteroatoms. The maximum atomic E-state index is 12.9. The standard InChI is InChI=1S/C18H28N4O5S.ClH/c1-13-12-20(9-10-21(13)17(23)14(19)11-18(2,3)4)28(26,27)16-8-6-5-7-15(16)22(24)25;/h5-8,13-14H,9-12,19H2,1-4H3;1H/t13-,14+;/m1./s1. The number of carbonyl (C=O) groups is 1. The van der Waals surface area contributed by atoms with Crippen LogP contribution in [0.25, 0.3) is 0 Å². The summed E-state index contributed by atoms with van der Waals surface area (Å²) in [5.41, 5.74) is 5.50. The molecule has 2 rings (SSSR count). The molecule has 1 aliphatic heterocycles. The van der Waals surface area contributed by atoms with Crippen LogP contribution >= 0.6 is 12.4 Å². The van der Waals surface area contributed by atoms with Gasteiger partial charge in [0, 0.05) is 31.7 Å². The molecule has 0 aliphatic carbocycles. The molecule has 1 aromatic carbocycles. The molecule has 1 saturated heterocycles. The van der Waals surface area contributed by atoms with Gasteiger partial charge in [0.05, 0.1) is 11.0 Å². The van der Waals surface area contributed by atoms with Gasteiger partial charge in [0.1, 0.15) is 0 Å². The summed E-state index contributed by atoms with van der Waals surface area (Å²) in [6.45, 7) is 8.07. The van der Waals surface area contributed by atoms with Crippen molar-refractivity contribution in [2.75, 3.05) is 19.6 Å². The van der Waals surface area contributed by atoms with Gasteiger partial charge in [0.25, 0.3) is 5.69 Å². The summed E-state index contributed by atoms with van der Waals surface area (Å²) in [4.78, 5) is 24.5. The minimum Gasteiger partial charge on any atom is -0.336 e. The fourth-order valence-electron chi connectivity index (χ4n) is 3.40. The molecule has 0 bridgehead atoms. The number of nitro groups is 1. The average molecular weight is 449 g/mol. The molecule has 1 fully saturated rings. The fraction of sp³-hybridized carbons (Fsp3) is 0.611. The Kier molecular flexibility index (Phi) is 8.18. The van der Waals surface area contributed by atoms with Crippen LogP contribution in [0.5, 0.6) is 0 Å². The van der Waals surface area contributed by atoms with Crippen LogP contribution in [0.1, 0.15) is 34.1 Å². The molecule has 164 valence electrons. The van der Waals surface area contributed by atoms with Crippen molar-refractivity contribution in [2.24, 2.45) is 11.1 Å². The van der Waals surface area contributed by atoms with E-state index >= 15 is 0 Å². The molecule has 0 saturated carbocycles. The summed E-state index contributed by atoms with van der Waals surface area (Å²) < 4.78 is 27.1. The molecular weight excluding hydrogens is 420 g/mol. The van der Waals surface area contributed by atoms with E-state index < -0.39 is 26.7 Å². The predicted octanol–water partition coefficient (Wildman–Crippen LogP) is 2.00. The molecule has 1 heterocycles. The lowest BCUT2D eigenvalue weighted by Gasteiger charge is -2.40. The van der Waals surface area contributed by atoms with Crippen molar-refractivity contribution in [3.63, 3.8) is 0 Å². The zero-order valence-electron chi connectivity index (χ0n) is 17.1. The Morgan fingerprint density at radius 3 is 2.41 bits per heavy atom. The highest BCUT2D eigenvalue weighted by molar-refractivity contribution is 7.89. The van der Waals surface area contributed by atoms with Crippen LogP contribution in [-0.2, 0) is 14.8 Å². The molecule has 1 amide bonds. The Balaban J connectivity index is 0.00000420. The predicted molar refractivity (Wildman–Crippen MR) is 112 cm³/mol. The summed E-state index contributed by atoms with van der Waals surface area (Å²) in [5, 5.41) is 11.2. The van der Waals surface area contributed by atoms with Crippen molar-refractivity contribution < 1.29 is 18.1 Å². The summed E-state index contributed by atoms with van der Waals surface area (Å²) in [5.74, 6) is -0.204. The SMILES string of the molecule is C[C@@H]1CN(S(=O)(=O)c2ccccc2[N+](=O)[O-])CCN1C(=O)[C@@H](N)CC(C)(C)C.Cl. The first-order valence-electron chi connectivity index (χ1n) is 9.14. The highest BCUT2D eigenvalue weighted by atomic mass is 35.5. The maximum Gasteiger partial charge on any atom is 0.289 e. The highest BCUT2D eigenvalue weighted by Gasteiger charge is 2.38. The number of hydrogen-bond donors (Lipinski definition) is 1. The number of benzene rings is 1. The van der Waals surface area contributed by atoms with Gasteiger partial charge in [0.15, 0.2) is 4.90 Å². The van der Waals surface area contributed by atoms with E-state index in [1.54, 1.807) is 11.8 Å². The minimum atomic E-state index is -4.05. The molecule has 1 aromatic rings. The van der Waals surface area contributed by atoms with Crippen molar-refractivity contribution in [3.8, 4) is 0 Å². The monoisotopic (exact) mass is 448 g/mol. The lowest BCUT2D eigenvalue weighted by atomic mass is 9.88. The quantitative estimate of drug-likeness (QED) is 0.542. The van der Waals surface area contributed by atoms with Gasteiger partial charge < -0.3 is 10.6 Å². The van der Waals surface area contributed by atoms with Crippen LogP contribution in [0.2, 0.25) is 0 Å². The average Bonchev–Trinajstić information content (AvgIpc) is 2.59. The second-order valence-corrected chi connectivity index (χ2v) is 10.2. The van der Waals surface area contributed by atoms with Crippen LogP contribution in [0.4, 0.5) is 5.69 Å². The molecule has 9 nitrogen and oxygen atoms in total. The molecule has 0 radical (unpaired) electrons. The second kappa shape index (κ2) is 9.38. The van der Waals surface area contributed by atoms with E-state index in [2.05, 4.69) is 0 Å². The summed E-state index contributed by atoms with van der Waals surface area (Å²) in [7, 11) is -4.05. The first-order valence-corrected chi connectivity index (χ1v) is 10.6. The Hall–Kier alpha value is -1.75. The zero-order chi connectivity index (χ0) is 21.3. The third kappa shape index (κ3) is 5.88. The molecule has 2 N–H and O–H groups in total. The van der Waals surface area contributed by atoms with Crippen molar-refractivity contribution >= 4 is 34.0 Å². The summed E-state index contributed by atoms with van der Waals surface area (Å²) in [6.07, 6.45) is 0.521. The maximum absolute atomic E-state index is 12.9. The largest absolute Gasteiger partial charge is 0.336 e. The molecule has 1 aliphatic rings. The normalized spacial score (nSPS) is 19.3. The van der Waals surface area contributed by atoms with E-state index in [-0.39, 0.29) is 54.3 Å². The number of sulfonamides is 1.